The topological polar surface area (TPSA) is 59.7 Å². The molecule has 0 amide bonds. The first kappa shape index (κ1) is 22.1. The van der Waals surface area contributed by atoms with Crippen molar-refractivity contribution in [2.45, 2.75) is 40.4 Å². The molecular weight excluding hydrogens is 495 g/mol. The van der Waals surface area contributed by atoms with Crippen molar-refractivity contribution in [3.8, 4) is 0 Å². The Labute approximate surface area is 193 Å². The first-order chi connectivity index (χ1) is 13.8. The number of benzene rings is 1. The lowest BCUT2D eigenvalue weighted by Crippen LogP contribution is -2.29. The van der Waals surface area contributed by atoms with Gasteiger partial charge in [0.2, 0.25) is 0 Å². The van der Waals surface area contributed by atoms with Crippen LogP contribution in [0.25, 0.3) is 0 Å². The quantitative estimate of drug-likeness (QED) is 0.435. The molecule has 0 saturated heterocycles. The number of hydrogen-bond acceptors (Lipinski definition) is 3. The van der Waals surface area contributed by atoms with Crippen molar-refractivity contribution in [3.63, 3.8) is 0 Å². The van der Waals surface area contributed by atoms with Gasteiger partial charge in [0.05, 0.1) is 46.5 Å². The molecule has 2 N–H and O–H groups in total. The van der Waals surface area contributed by atoms with Gasteiger partial charge in [-0.2, -0.15) is 10.2 Å². The molecule has 154 valence electrons. The number of halogens is 3. The molecule has 3 aromatic rings. The third-order valence-corrected chi connectivity index (χ3v) is 6.06. The highest BCUT2D eigenvalue weighted by molar-refractivity contribution is 9.10. The molecular formula is C19H21BrCl2N6S. The molecule has 10 heteroatoms. The average molecular weight is 516 g/mol. The van der Waals surface area contributed by atoms with Crippen LogP contribution in [0.4, 0.5) is 5.69 Å². The summed E-state index contributed by atoms with van der Waals surface area (Å²) in [7, 11) is 0. The molecule has 0 atom stereocenters. The third-order valence-electron chi connectivity index (χ3n) is 4.57. The Bertz CT molecular complexity index is 1050. The molecule has 3 rings (SSSR count). The molecule has 2 aromatic heterocycles. The lowest BCUT2D eigenvalue weighted by Gasteiger charge is -2.12. The summed E-state index contributed by atoms with van der Waals surface area (Å²) in [6.45, 7) is 7.90. The Morgan fingerprint density at radius 3 is 2.69 bits per heavy atom. The summed E-state index contributed by atoms with van der Waals surface area (Å²) in [6.07, 6.45) is 1.79. The van der Waals surface area contributed by atoms with Crippen LogP contribution in [0, 0.1) is 13.8 Å². The van der Waals surface area contributed by atoms with E-state index in [2.05, 4.69) is 36.8 Å². The van der Waals surface area contributed by atoms with Gasteiger partial charge >= 0.3 is 0 Å². The number of rotatable bonds is 6. The largest absolute Gasteiger partial charge is 0.357 e. The summed E-state index contributed by atoms with van der Waals surface area (Å²) in [4.78, 5) is 0. The molecule has 0 spiro atoms. The van der Waals surface area contributed by atoms with Gasteiger partial charge in [0.25, 0.3) is 0 Å². The Morgan fingerprint density at radius 1 is 1.24 bits per heavy atom. The monoisotopic (exact) mass is 514 g/mol. The Hall–Kier alpha value is -1.61. The fourth-order valence-corrected chi connectivity index (χ4v) is 4.08. The number of nitrogens with zero attached hydrogens (tertiary/aromatic N) is 4. The zero-order chi connectivity index (χ0) is 21.1. The van der Waals surface area contributed by atoms with Gasteiger partial charge in [0.15, 0.2) is 5.11 Å². The van der Waals surface area contributed by atoms with Crippen LogP contribution >= 0.6 is 51.3 Å². The molecule has 29 heavy (non-hydrogen) atoms. The molecule has 0 fully saturated rings. The second kappa shape index (κ2) is 9.47. The lowest BCUT2D eigenvalue weighted by atomic mass is 10.2. The van der Waals surface area contributed by atoms with Crippen molar-refractivity contribution in [1.82, 2.24) is 24.9 Å². The van der Waals surface area contributed by atoms with E-state index < -0.39 is 0 Å². The number of hydrogen-bond donors (Lipinski definition) is 2. The predicted molar refractivity (Wildman–Crippen MR) is 126 cm³/mol. The SMILES string of the molecule is CCn1ncc(Br)c1CNC(=S)Nc1c(C)nn(Cc2ccc(Cl)cc2Cl)c1C. The van der Waals surface area contributed by atoms with E-state index in [0.29, 0.717) is 28.2 Å². The van der Waals surface area contributed by atoms with Gasteiger partial charge in [-0.3, -0.25) is 9.36 Å². The van der Waals surface area contributed by atoms with E-state index in [4.69, 9.17) is 35.4 Å². The summed E-state index contributed by atoms with van der Waals surface area (Å²) in [5.41, 5.74) is 4.70. The zero-order valence-corrected chi connectivity index (χ0v) is 20.2. The first-order valence-corrected chi connectivity index (χ1v) is 11.0. The summed E-state index contributed by atoms with van der Waals surface area (Å²) in [5, 5.41) is 17.2. The normalized spacial score (nSPS) is 11.0. The van der Waals surface area contributed by atoms with E-state index in [9.17, 15) is 0 Å². The van der Waals surface area contributed by atoms with E-state index in [0.717, 1.165) is 39.4 Å². The van der Waals surface area contributed by atoms with Gasteiger partial charge in [-0.25, -0.2) is 0 Å². The highest BCUT2D eigenvalue weighted by atomic mass is 79.9. The Morgan fingerprint density at radius 2 is 2.00 bits per heavy atom. The van der Waals surface area contributed by atoms with Crippen LogP contribution in [0.1, 0.15) is 29.6 Å². The molecule has 0 aliphatic carbocycles. The fourth-order valence-electron chi connectivity index (χ4n) is 3.00. The molecule has 0 aliphatic heterocycles. The van der Waals surface area contributed by atoms with Crippen molar-refractivity contribution in [2.75, 3.05) is 5.32 Å². The smallest absolute Gasteiger partial charge is 0.171 e. The number of nitrogens with one attached hydrogen (secondary N) is 2. The van der Waals surface area contributed by atoms with Crippen molar-refractivity contribution < 1.29 is 0 Å². The maximum atomic E-state index is 6.31. The zero-order valence-electron chi connectivity index (χ0n) is 16.3. The van der Waals surface area contributed by atoms with Gasteiger partial charge in [-0.05, 0) is 66.6 Å². The predicted octanol–water partition coefficient (Wildman–Crippen LogP) is 5.32. The summed E-state index contributed by atoms with van der Waals surface area (Å²) < 4.78 is 4.78. The second-order valence-corrected chi connectivity index (χ2v) is 8.61. The highest BCUT2D eigenvalue weighted by Gasteiger charge is 2.15. The molecule has 0 saturated carbocycles. The second-order valence-electron chi connectivity index (χ2n) is 6.50. The molecule has 0 radical (unpaired) electrons. The molecule has 2 heterocycles. The van der Waals surface area contributed by atoms with Crippen LogP contribution in [0.5, 0.6) is 0 Å². The fraction of sp³-hybridized carbons (Fsp3) is 0.316. The number of aryl methyl sites for hydroxylation is 2. The van der Waals surface area contributed by atoms with E-state index in [1.165, 1.54) is 0 Å². The molecule has 0 bridgehead atoms. The van der Waals surface area contributed by atoms with Gasteiger partial charge in [0, 0.05) is 16.6 Å². The van der Waals surface area contributed by atoms with Crippen LogP contribution in [-0.4, -0.2) is 24.7 Å². The third kappa shape index (κ3) is 5.12. The maximum absolute atomic E-state index is 6.31. The van der Waals surface area contributed by atoms with Crippen molar-refractivity contribution in [1.29, 1.82) is 0 Å². The van der Waals surface area contributed by atoms with Crippen LogP contribution < -0.4 is 10.6 Å². The minimum atomic E-state index is 0.524. The van der Waals surface area contributed by atoms with Crippen molar-refractivity contribution in [3.05, 3.63) is 61.6 Å². The van der Waals surface area contributed by atoms with Crippen LogP contribution in [0.15, 0.2) is 28.9 Å². The minimum absolute atomic E-state index is 0.524. The average Bonchev–Trinajstić information content (AvgIpc) is 3.16. The highest BCUT2D eigenvalue weighted by Crippen LogP contribution is 2.25. The summed E-state index contributed by atoms with van der Waals surface area (Å²) in [5.74, 6) is 0. The van der Waals surface area contributed by atoms with E-state index in [1.807, 2.05) is 42.3 Å². The van der Waals surface area contributed by atoms with Crippen molar-refractivity contribution >= 4 is 62.1 Å². The van der Waals surface area contributed by atoms with Gasteiger partial charge in [0.1, 0.15) is 0 Å². The van der Waals surface area contributed by atoms with Gasteiger partial charge in [-0.15, -0.1) is 0 Å². The van der Waals surface area contributed by atoms with E-state index in [1.54, 1.807) is 12.3 Å². The lowest BCUT2D eigenvalue weighted by molar-refractivity contribution is 0.613. The number of anilines is 1. The number of aromatic nitrogens is 4. The maximum Gasteiger partial charge on any atom is 0.171 e. The molecule has 0 aliphatic rings. The Balaban J connectivity index is 1.69. The van der Waals surface area contributed by atoms with Gasteiger partial charge in [-0.1, -0.05) is 29.3 Å². The minimum Gasteiger partial charge on any atom is -0.357 e. The van der Waals surface area contributed by atoms with Crippen molar-refractivity contribution in [2.24, 2.45) is 0 Å². The summed E-state index contributed by atoms with van der Waals surface area (Å²) in [6, 6.07) is 5.47. The molecule has 1 aromatic carbocycles. The van der Waals surface area contributed by atoms with E-state index in [-0.39, 0.29) is 0 Å². The summed E-state index contributed by atoms with van der Waals surface area (Å²) >= 11 is 21.3. The van der Waals surface area contributed by atoms with Crippen LogP contribution in [0.2, 0.25) is 10.0 Å². The van der Waals surface area contributed by atoms with E-state index >= 15 is 0 Å². The van der Waals surface area contributed by atoms with Crippen LogP contribution in [0.3, 0.4) is 0 Å². The molecule has 6 nitrogen and oxygen atoms in total. The Kier molecular flexibility index (Phi) is 7.21. The van der Waals surface area contributed by atoms with Crippen LogP contribution in [-0.2, 0) is 19.6 Å². The number of thiocarbonyl (C=S) groups is 1. The molecule has 0 unspecified atom stereocenters. The van der Waals surface area contributed by atoms with Gasteiger partial charge < -0.3 is 10.6 Å². The standard InChI is InChI=1S/C19H21BrCl2N6S/c1-4-27-17(15(20)8-24-27)9-23-19(29)25-18-11(2)26-28(12(18)3)10-13-5-6-14(21)7-16(13)22/h5-8H,4,9-10H2,1-3H3,(H2,23,25,29). The first-order valence-electron chi connectivity index (χ1n) is 9.03.